The van der Waals surface area contributed by atoms with Crippen molar-refractivity contribution in [3.8, 4) is 0 Å². The Balaban J connectivity index is 3.10. The average Bonchev–Trinajstić information content (AvgIpc) is 2.37. The van der Waals surface area contributed by atoms with E-state index < -0.39 is 0 Å². The van der Waals surface area contributed by atoms with Gasteiger partial charge in [0.25, 0.3) is 0 Å². The lowest BCUT2D eigenvalue weighted by molar-refractivity contribution is -0.121. The fourth-order valence-electron chi connectivity index (χ4n) is 1.92. The van der Waals surface area contributed by atoms with Gasteiger partial charge in [0, 0.05) is 19.4 Å². The molecule has 18 heavy (non-hydrogen) atoms. The lowest BCUT2D eigenvalue weighted by atomic mass is 10.1. The third-order valence-corrected chi connectivity index (χ3v) is 3.08. The van der Waals surface area contributed by atoms with Crippen molar-refractivity contribution in [2.24, 2.45) is 0 Å². The lowest BCUT2D eigenvalue weighted by Crippen LogP contribution is -2.23. The minimum Gasteiger partial charge on any atom is -0.356 e. The molecule has 1 amide bonds. The molecule has 0 bridgehead atoms. The number of amides is 1. The molecule has 3 heteroatoms. The lowest BCUT2D eigenvalue weighted by Gasteiger charge is -2.04. The minimum absolute atomic E-state index is 0.0831. The molecule has 0 unspecified atom stereocenters. The molecule has 0 saturated carbocycles. The van der Waals surface area contributed by atoms with Crippen LogP contribution in [0, 0.1) is 0 Å². The van der Waals surface area contributed by atoms with E-state index in [1.165, 1.54) is 44.9 Å². The van der Waals surface area contributed by atoms with Gasteiger partial charge in [0.1, 0.15) is 6.29 Å². The summed E-state index contributed by atoms with van der Waals surface area (Å²) in [4.78, 5) is 21.4. The summed E-state index contributed by atoms with van der Waals surface area (Å²) < 4.78 is 0. The van der Waals surface area contributed by atoms with Gasteiger partial charge in [0.15, 0.2) is 0 Å². The largest absolute Gasteiger partial charge is 0.356 e. The van der Waals surface area contributed by atoms with Crippen molar-refractivity contribution in [1.82, 2.24) is 5.32 Å². The van der Waals surface area contributed by atoms with Crippen molar-refractivity contribution in [2.45, 2.75) is 77.6 Å². The van der Waals surface area contributed by atoms with Crippen molar-refractivity contribution in [3.63, 3.8) is 0 Å². The van der Waals surface area contributed by atoms with Gasteiger partial charge in [-0.3, -0.25) is 4.79 Å². The molecule has 0 rings (SSSR count). The summed E-state index contributed by atoms with van der Waals surface area (Å²) in [5, 5.41) is 2.90. The van der Waals surface area contributed by atoms with Crippen molar-refractivity contribution in [2.75, 3.05) is 6.54 Å². The highest BCUT2D eigenvalue weighted by atomic mass is 16.1. The zero-order valence-electron chi connectivity index (χ0n) is 11.9. The van der Waals surface area contributed by atoms with Crippen LogP contribution in [0.2, 0.25) is 0 Å². The summed E-state index contributed by atoms with van der Waals surface area (Å²) in [5.41, 5.74) is 0. The van der Waals surface area contributed by atoms with E-state index in [2.05, 4.69) is 12.2 Å². The monoisotopic (exact) mass is 255 g/mol. The van der Waals surface area contributed by atoms with E-state index in [4.69, 9.17) is 0 Å². The Kier molecular flexibility index (Phi) is 13.5. The molecule has 0 aliphatic carbocycles. The number of unbranched alkanes of at least 4 members (excludes halogenated alkanes) is 8. The van der Waals surface area contributed by atoms with E-state index in [0.717, 1.165) is 19.3 Å². The van der Waals surface area contributed by atoms with Crippen LogP contribution in [0.15, 0.2) is 0 Å². The Morgan fingerprint density at radius 1 is 0.944 bits per heavy atom. The average molecular weight is 255 g/mol. The topological polar surface area (TPSA) is 46.2 Å². The summed E-state index contributed by atoms with van der Waals surface area (Å²) in [6.07, 6.45) is 12.8. The first-order valence-corrected chi connectivity index (χ1v) is 7.51. The molecule has 106 valence electrons. The second-order valence-electron chi connectivity index (χ2n) is 4.88. The number of nitrogens with one attached hydrogen (secondary N) is 1. The summed E-state index contributed by atoms with van der Waals surface area (Å²) in [6.45, 7) is 3.02. The van der Waals surface area contributed by atoms with Crippen molar-refractivity contribution >= 4 is 12.2 Å². The van der Waals surface area contributed by atoms with Gasteiger partial charge in [0.05, 0.1) is 0 Å². The molecule has 0 saturated heterocycles. The number of hydrogen-bond donors (Lipinski definition) is 1. The molecule has 0 fully saturated rings. The van der Waals surface area contributed by atoms with Gasteiger partial charge in [-0.1, -0.05) is 51.9 Å². The van der Waals surface area contributed by atoms with Gasteiger partial charge in [-0.05, 0) is 12.8 Å². The summed E-state index contributed by atoms with van der Waals surface area (Å²) >= 11 is 0. The van der Waals surface area contributed by atoms with Crippen LogP contribution < -0.4 is 5.32 Å². The Morgan fingerprint density at radius 3 is 2.17 bits per heavy atom. The molecule has 0 aliphatic rings. The van der Waals surface area contributed by atoms with Crippen molar-refractivity contribution in [3.05, 3.63) is 0 Å². The molecular weight excluding hydrogens is 226 g/mol. The van der Waals surface area contributed by atoms with Gasteiger partial charge in [0.2, 0.25) is 5.91 Å². The molecule has 0 aromatic heterocycles. The summed E-state index contributed by atoms with van der Waals surface area (Å²) in [6, 6.07) is 0. The predicted molar refractivity (Wildman–Crippen MR) is 75.5 cm³/mol. The molecule has 3 nitrogen and oxygen atoms in total. The number of hydrogen-bond acceptors (Lipinski definition) is 2. The van der Waals surface area contributed by atoms with Gasteiger partial charge in [-0.25, -0.2) is 0 Å². The third kappa shape index (κ3) is 13.2. The van der Waals surface area contributed by atoms with Gasteiger partial charge < -0.3 is 10.1 Å². The minimum atomic E-state index is 0.0831. The fraction of sp³-hybridized carbons (Fsp3) is 0.867. The Bertz CT molecular complexity index is 205. The van der Waals surface area contributed by atoms with Crippen LogP contribution in [0.25, 0.3) is 0 Å². The molecule has 1 N–H and O–H groups in total. The highest BCUT2D eigenvalue weighted by Crippen LogP contribution is 2.07. The highest BCUT2D eigenvalue weighted by Gasteiger charge is 1.99. The molecule has 0 atom stereocenters. The molecule has 0 aliphatic heterocycles. The van der Waals surface area contributed by atoms with E-state index in [1.54, 1.807) is 0 Å². The van der Waals surface area contributed by atoms with E-state index in [9.17, 15) is 9.59 Å². The first-order valence-electron chi connectivity index (χ1n) is 7.51. The van der Waals surface area contributed by atoms with Gasteiger partial charge in [-0.15, -0.1) is 0 Å². The number of carbonyl (C=O) groups is 2. The maximum absolute atomic E-state index is 11.3. The SMILES string of the molecule is CCCCCCCCCCNC(=O)CCCC=O. The van der Waals surface area contributed by atoms with Crippen molar-refractivity contribution in [1.29, 1.82) is 0 Å². The predicted octanol–water partition coefficient (Wildman–Crippen LogP) is 3.61. The number of rotatable bonds is 13. The highest BCUT2D eigenvalue weighted by molar-refractivity contribution is 5.76. The summed E-state index contributed by atoms with van der Waals surface area (Å²) in [7, 11) is 0. The Hall–Kier alpha value is -0.860. The van der Waals surface area contributed by atoms with Crippen LogP contribution in [0.4, 0.5) is 0 Å². The van der Waals surface area contributed by atoms with Crippen LogP contribution in [0.5, 0.6) is 0 Å². The smallest absolute Gasteiger partial charge is 0.220 e. The molecule has 0 aromatic carbocycles. The molecular formula is C15H29NO2. The molecule has 0 radical (unpaired) electrons. The van der Waals surface area contributed by atoms with Gasteiger partial charge >= 0.3 is 0 Å². The van der Waals surface area contributed by atoms with Crippen LogP contribution in [-0.4, -0.2) is 18.7 Å². The standard InChI is InChI=1S/C15H29NO2/c1-2-3-4-5-6-7-8-10-13-16-15(18)12-9-11-14-17/h14H,2-13H2,1H3,(H,16,18). The van der Waals surface area contributed by atoms with E-state index in [-0.39, 0.29) is 5.91 Å². The normalized spacial score (nSPS) is 10.3. The van der Waals surface area contributed by atoms with Crippen LogP contribution >= 0.6 is 0 Å². The maximum atomic E-state index is 11.3. The van der Waals surface area contributed by atoms with E-state index in [0.29, 0.717) is 19.3 Å². The molecule has 0 aromatic rings. The maximum Gasteiger partial charge on any atom is 0.220 e. The number of aldehydes is 1. The number of carbonyl (C=O) groups excluding carboxylic acids is 2. The molecule has 0 heterocycles. The summed E-state index contributed by atoms with van der Waals surface area (Å²) in [5.74, 6) is 0.0831. The van der Waals surface area contributed by atoms with Crippen molar-refractivity contribution < 1.29 is 9.59 Å². The van der Waals surface area contributed by atoms with Crippen LogP contribution in [0.1, 0.15) is 77.6 Å². The molecule has 0 spiro atoms. The van der Waals surface area contributed by atoms with Crippen LogP contribution in [-0.2, 0) is 9.59 Å². The van der Waals surface area contributed by atoms with Crippen LogP contribution in [0.3, 0.4) is 0 Å². The van der Waals surface area contributed by atoms with E-state index in [1.807, 2.05) is 0 Å². The first-order chi connectivity index (χ1) is 8.81. The second-order valence-corrected chi connectivity index (χ2v) is 4.88. The quantitative estimate of drug-likeness (QED) is 0.403. The first kappa shape index (κ1) is 17.1. The Morgan fingerprint density at radius 2 is 1.56 bits per heavy atom. The zero-order valence-corrected chi connectivity index (χ0v) is 11.9. The van der Waals surface area contributed by atoms with Gasteiger partial charge in [-0.2, -0.15) is 0 Å². The van der Waals surface area contributed by atoms with E-state index >= 15 is 0 Å². The second kappa shape index (κ2) is 14.2. The zero-order chi connectivity index (χ0) is 13.5. The fourth-order valence-corrected chi connectivity index (χ4v) is 1.92. The third-order valence-electron chi connectivity index (χ3n) is 3.08. The Labute approximate surface area is 112 Å².